The van der Waals surface area contributed by atoms with Crippen molar-refractivity contribution in [2.75, 3.05) is 44.6 Å². The fourth-order valence-electron chi connectivity index (χ4n) is 3.41. The third kappa shape index (κ3) is 6.24. The number of anilines is 1. The first-order valence-electron chi connectivity index (χ1n) is 10.3. The lowest BCUT2D eigenvalue weighted by molar-refractivity contribution is -0.132. The molecule has 1 N–H and O–H groups in total. The Bertz CT molecular complexity index is 747. The second-order valence-electron chi connectivity index (χ2n) is 7.22. The standard InChI is InChI=1S/C24H31N3O/c1-2-21-10-12-23(13-11-21)25-15-14-24(28)27-19-17-26(18-20-27)16-6-9-22-7-4-3-5-8-22/h3-13,25H,2,14-20H2,1H3/b9-6+. The van der Waals surface area contributed by atoms with Crippen LogP contribution in [0.2, 0.25) is 0 Å². The van der Waals surface area contributed by atoms with Crippen molar-refractivity contribution < 1.29 is 4.79 Å². The smallest absolute Gasteiger partial charge is 0.224 e. The van der Waals surface area contributed by atoms with Gasteiger partial charge in [-0.25, -0.2) is 0 Å². The van der Waals surface area contributed by atoms with Crippen molar-refractivity contribution in [3.05, 3.63) is 71.8 Å². The minimum absolute atomic E-state index is 0.247. The van der Waals surface area contributed by atoms with Crippen molar-refractivity contribution in [1.29, 1.82) is 0 Å². The molecule has 1 heterocycles. The van der Waals surface area contributed by atoms with E-state index >= 15 is 0 Å². The Kier molecular flexibility index (Phi) is 7.68. The molecule has 0 aromatic heterocycles. The van der Waals surface area contributed by atoms with Crippen LogP contribution in [0.1, 0.15) is 24.5 Å². The third-order valence-electron chi connectivity index (χ3n) is 5.23. The molecule has 0 unspecified atom stereocenters. The van der Waals surface area contributed by atoms with Crippen molar-refractivity contribution in [2.24, 2.45) is 0 Å². The van der Waals surface area contributed by atoms with Crippen LogP contribution in [-0.4, -0.2) is 55.0 Å². The van der Waals surface area contributed by atoms with Crippen LogP contribution in [0.4, 0.5) is 5.69 Å². The zero-order valence-electron chi connectivity index (χ0n) is 16.8. The van der Waals surface area contributed by atoms with Crippen molar-refractivity contribution >= 4 is 17.7 Å². The van der Waals surface area contributed by atoms with Gasteiger partial charge in [0.05, 0.1) is 0 Å². The quantitative estimate of drug-likeness (QED) is 0.758. The summed E-state index contributed by atoms with van der Waals surface area (Å²) in [6.07, 6.45) is 5.97. The molecule has 1 saturated heterocycles. The zero-order chi connectivity index (χ0) is 19.6. The molecule has 28 heavy (non-hydrogen) atoms. The molecule has 0 saturated carbocycles. The van der Waals surface area contributed by atoms with Crippen LogP contribution in [0.25, 0.3) is 6.08 Å². The first-order chi connectivity index (χ1) is 13.7. The predicted molar refractivity (Wildman–Crippen MR) is 117 cm³/mol. The molecule has 3 rings (SSSR count). The summed E-state index contributed by atoms with van der Waals surface area (Å²) < 4.78 is 0. The Morgan fingerprint density at radius 1 is 1.00 bits per heavy atom. The number of benzene rings is 2. The Hall–Kier alpha value is -2.59. The monoisotopic (exact) mass is 377 g/mol. The Labute approximate surface area is 168 Å². The van der Waals surface area contributed by atoms with Gasteiger partial charge in [0.2, 0.25) is 5.91 Å². The second-order valence-corrected chi connectivity index (χ2v) is 7.22. The molecule has 2 aromatic carbocycles. The molecule has 0 atom stereocenters. The van der Waals surface area contributed by atoms with Crippen LogP contribution < -0.4 is 5.32 Å². The summed E-state index contributed by atoms with van der Waals surface area (Å²) >= 11 is 0. The van der Waals surface area contributed by atoms with Gasteiger partial charge in [-0.1, -0.05) is 61.5 Å². The summed E-state index contributed by atoms with van der Waals surface area (Å²) in [5.41, 5.74) is 3.64. The van der Waals surface area contributed by atoms with E-state index < -0.39 is 0 Å². The fourth-order valence-corrected chi connectivity index (χ4v) is 3.41. The van der Waals surface area contributed by atoms with Crippen LogP contribution in [0.3, 0.4) is 0 Å². The van der Waals surface area contributed by atoms with E-state index in [1.807, 2.05) is 11.0 Å². The molecule has 0 spiro atoms. The van der Waals surface area contributed by atoms with Gasteiger partial charge < -0.3 is 10.2 Å². The molecule has 1 amide bonds. The summed E-state index contributed by atoms with van der Waals surface area (Å²) in [5, 5.41) is 3.35. The predicted octanol–water partition coefficient (Wildman–Crippen LogP) is 3.91. The van der Waals surface area contributed by atoms with Crippen LogP contribution in [0.15, 0.2) is 60.7 Å². The van der Waals surface area contributed by atoms with Gasteiger partial charge in [0, 0.05) is 51.4 Å². The van der Waals surface area contributed by atoms with Crippen LogP contribution >= 0.6 is 0 Å². The largest absolute Gasteiger partial charge is 0.385 e. The number of carbonyl (C=O) groups is 1. The molecule has 0 aliphatic carbocycles. The number of aryl methyl sites for hydroxylation is 1. The van der Waals surface area contributed by atoms with Gasteiger partial charge in [-0.15, -0.1) is 0 Å². The van der Waals surface area contributed by atoms with Gasteiger partial charge in [0.25, 0.3) is 0 Å². The van der Waals surface area contributed by atoms with Crippen molar-refractivity contribution in [3.8, 4) is 0 Å². The van der Waals surface area contributed by atoms with Crippen LogP contribution in [-0.2, 0) is 11.2 Å². The number of carbonyl (C=O) groups excluding carboxylic acids is 1. The average molecular weight is 378 g/mol. The van der Waals surface area contributed by atoms with Crippen molar-refractivity contribution in [1.82, 2.24) is 9.80 Å². The van der Waals surface area contributed by atoms with E-state index in [1.165, 1.54) is 11.1 Å². The number of piperazine rings is 1. The van der Waals surface area contributed by atoms with Crippen molar-refractivity contribution in [3.63, 3.8) is 0 Å². The zero-order valence-corrected chi connectivity index (χ0v) is 16.8. The molecule has 2 aromatic rings. The van der Waals surface area contributed by atoms with Gasteiger partial charge >= 0.3 is 0 Å². The van der Waals surface area contributed by atoms with Gasteiger partial charge in [0.1, 0.15) is 0 Å². The van der Waals surface area contributed by atoms with E-state index in [1.54, 1.807) is 0 Å². The highest BCUT2D eigenvalue weighted by molar-refractivity contribution is 5.76. The van der Waals surface area contributed by atoms with Gasteiger partial charge in [-0.2, -0.15) is 0 Å². The minimum Gasteiger partial charge on any atom is -0.385 e. The fraction of sp³-hybridized carbons (Fsp3) is 0.375. The summed E-state index contributed by atoms with van der Waals surface area (Å²) in [6, 6.07) is 18.8. The lowest BCUT2D eigenvalue weighted by Gasteiger charge is -2.34. The summed E-state index contributed by atoms with van der Waals surface area (Å²) in [4.78, 5) is 16.8. The molecular weight excluding hydrogens is 346 g/mol. The van der Waals surface area contributed by atoms with Crippen LogP contribution in [0, 0.1) is 0 Å². The van der Waals surface area contributed by atoms with E-state index in [2.05, 4.69) is 77.8 Å². The highest BCUT2D eigenvalue weighted by Crippen LogP contribution is 2.11. The SMILES string of the molecule is CCc1ccc(NCCC(=O)N2CCN(C/C=C/c3ccccc3)CC2)cc1. The summed E-state index contributed by atoms with van der Waals surface area (Å²) in [7, 11) is 0. The lowest BCUT2D eigenvalue weighted by atomic mass is 10.1. The molecule has 1 aliphatic rings. The maximum Gasteiger partial charge on any atom is 0.224 e. The number of rotatable bonds is 8. The first-order valence-corrected chi connectivity index (χ1v) is 10.3. The molecule has 0 bridgehead atoms. The van der Waals surface area contributed by atoms with Crippen molar-refractivity contribution in [2.45, 2.75) is 19.8 Å². The Morgan fingerprint density at radius 2 is 1.71 bits per heavy atom. The number of nitrogens with zero attached hydrogens (tertiary/aromatic N) is 2. The van der Waals surface area contributed by atoms with E-state index in [-0.39, 0.29) is 5.91 Å². The Morgan fingerprint density at radius 3 is 2.39 bits per heavy atom. The molecule has 4 nitrogen and oxygen atoms in total. The van der Waals surface area contributed by atoms with E-state index in [0.29, 0.717) is 13.0 Å². The normalized spacial score (nSPS) is 15.1. The number of amides is 1. The summed E-state index contributed by atoms with van der Waals surface area (Å²) in [6.45, 7) is 7.30. The maximum absolute atomic E-state index is 12.4. The van der Waals surface area contributed by atoms with E-state index in [9.17, 15) is 4.79 Å². The Balaban J connectivity index is 1.33. The highest BCUT2D eigenvalue weighted by atomic mass is 16.2. The van der Waals surface area contributed by atoms with Gasteiger partial charge in [-0.05, 0) is 29.7 Å². The molecule has 0 radical (unpaired) electrons. The molecule has 1 aliphatic heterocycles. The topological polar surface area (TPSA) is 35.6 Å². The average Bonchev–Trinajstić information content (AvgIpc) is 2.75. The van der Waals surface area contributed by atoms with E-state index in [4.69, 9.17) is 0 Å². The number of hydrogen-bond donors (Lipinski definition) is 1. The third-order valence-corrected chi connectivity index (χ3v) is 5.23. The molecule has 148 valence electrons. The maximum atomic E-state index is 12.4. The summed E-state index contributed by atoms with van der Waals surface area (Å²) in [5.74, 6) is 0.247. The first kappa shape index (κ1) is 20.2. The van der Waals surface area contributed by atoms with E-state index in [0.717, 1.165) is 44.8 Å². The second kappa shape index (κ2) is 10.7. The molecule has 4 heteroatoms. The van der Waals surface area contributed by atoms with Gasteiger partial charge in [-0.3, -0.25) is 9.69 Å². The highest BCUT2D eigenvalue weighted by Gasteiger charge is 2.19. The minimum atomic E-state index is 0.247. The number of hydrogen-bond acceptors (Lipinski definition) is 3. The molecule has 1 fully saturated rings. The number of nitrogens with one attached hydrogen (secondary N) is 1. The van der Waals surface area contributed by atoms with Gasteiger partial charge in [0.15, 0.2) is 0 Å². The van der Waals surface area contributed by atoms with Crippen LogP contribution in [0.5, 0.6) is 0 Å². The molecular formula is C24H31N3O. The lowest BCUT2D eigenvalue weighted by Crippen LogP contribution is -2.48.